The lowest BCUT2D eigenvalue weighted by molar-refractivity contribution is -0.137. The molecule has 232 valence electrons. The number of ether oxygens (including phenoxy) is 4. The number of nitrogens with one attached hydrogen (secondary N) is 2. The molecule has 0 spiro atoms. The number of aliphatic hydroxyl groups is 2. The Bertz CT molecular complexity index is 1470. The molecule has 4 rings (SSSR count). The van der Waals surface area contributed by atoms with Crippen molar-refractivity contribution in [2.45, 2.75) is 30.7 Å². The van der Waals surface area contributed by atoms with Crippen LogP contribution in [0.1, 0.15) is 23.5 Å². The molecule has 1 fully saturated rings. The molecule has 43 heavy (non-hydrogen) atoms. The zero-order chi connectivity index (χ0) is 31.0. The van der Waals surface area contributed by atoms with Gasteiger partial charge in [0.15, 0.2) is 6.10 Å². The van der Waals surface area contributed by atoms with Crippen LogP contribution in [0.2, 0.25) is 0 Å². The molecule has 3 aromatic rings. The van der Waals surface area contributed by atoms with E-state index < -0.39 is 41.5 Å². The largest absolute Gasteiger partial charge is 0.508 e. The highest BCUT2D eigenvalue weighted by Gasteiger charge is 2.35. The first-order valence-electron chi connectivity index (χ1n) is 13.4. The summed E-state index contributed by atoms with van der Waals surface area (Å²) in [6.45, 7) is -0.725. The minimum Gasteiger partial charge on any atom is -0.432 e. The Balaban J connectivity index is 1.41. The van der Waals surface area contributed by atoms with Crippen molar-refractivity contribution in [2.75, 3.05) is 46.2 Å². The van der Waals surface area contributed by atoms with Gasteiger partial charge in [0.1, 0.15) is 6.61 Å². The molecule has 0 saturated carbocycles. The van der Waals surface area contributed by atoms with Crippen molar-refractivity contribution in [1.29, 1.82) is 0 Å². The Labute approximate surface area is 243 Å². The highest BCUT2D eigenvalue weighted by molar-refractivity contribution is 5.90. The molecular weight excluding hydrogens is 577 g/mol. The fraction of sp³-hybridized carbons (Fsp3) is 0.414. The molecule has 1 aromatic heterocycles. The Morgan fingerprint density at radius 3 is 2.37 bits per heavy atom. The van der Waals surface area contributed by atoms with Gasteiger partial charge in [-0.3, -0.25) is 9.59 Å². The van der Waals surface area contributed by atoms with Crippen LogP contribution in [-0.2, 0) is 29.9 Å². The van der Waals surface area contributed by atoms with Crippen molar-refractivity contribution in [1.82, 2.24) is 10.3 Å². The number of halogens is 3. The van der Waals surface area contributed by atoms with Crippen molar-refractivity contribution in [3.8, 4) is 11.3 Å². The maximum atomic E-state index is 13.5. The maximum Gasteiger partial charge on any atom is 0.508 e. The first kappa shape index (κ1) is 31.9. The number of aromatic nitrogens is 1. The molecule has 0 aliphatic carbocycles. The van der Waals surface area contributed by atoms with Gasteiger partial charge >= 0.3 is 12.3 Å². The molecule has 2 heterocycles. The average Bonchev–Trinajstić information content (AvgIpc) is 3.35. The number of carbonyl (C=O) groups excluding carboxylic acids is 2. The number of rotatable bonds is 13. The third-order valence-electron chi connectivity index (χ3n) is 6.72. The first-order chi connectivity index (χ1) is 20.6. The monoisotopic (exact) mass is 608 g/mol. The number of H-pyrrole nitrogens is 1. The normalized spacial score (nSPS) is 16.9. The molecular formula is C29H31F3N2O9. The van der Waals surface area contributed by atoms with E-state index in [1.165, 1.54) is 30.3 Å². The number of hydrogen-bond acceptors (Lipinski definition) is 9. The highest BCUT2D eigenvalue weighted by atomic mass is 19.4. The van der Waals surface area contributed by atoms with E-state index in [2.05, 4.69) is 10.3 Å². The molecule has 4 N–H and O–H groups in total. The van der Waals surface area contributed by atoms with Crippen molar-refractivity contribution < 1.29 is 51.9 Å². The Kier molecular flexibility index (Phi) is 10.7. The first-order valence-corrected chi connectivity index (χ1v) is 13.4. The third kappa shape index (κ3) is 8.32. The summed E-state index contributed by atoms with van der Waals surface area (Å²) in [5.74, 6) is -1.01. The lowest BCUT2D eigenvalue weighted by Gasteiger charge is -2.18. The maximum absolute atomic E-state index is 13.5. The predicted molar refractivity (Wildman–Crippen MR) is 146 cm³/mol. The second kappa shape index (κ2) is 14.5. The van der Waals surface area contributed by atoms with Crippen LogP contribution in [0.4, 0.5) is 18.0 Å². The molecule has 1 aliphatic rings. The fourth-order valence-corrected chi connectivity index (χ4v) is 4.77. The van der Waals surface area contributed by atoms with Crippen molar-refractivity contribution in [2.24, 2.45) is 0 Å². The van der Waals surface area contributed by atoms with E-state index in [4.69, 9.17) is 29.2 Å². The van der Waals surface area contributed by atoms with Crippen LogP contribution in [0, 0.1) is 0 Å². The van der Waals surface area contributed by atoms with E-state index >= 15 is 0 Å². The lowest BCUT2D eigenvalue weighted by Crippen LogP contribution is -2.33. The van der Waals surface area contributed by atoms with E-state index in [0.717, 1.165) is 6.07 Å². The fourth-order valence-electron chi connectivity index (χ4n) is 4.77. The second-order valence-corrected chi connectivity index (χ2v) is 9.79. The van der Waals surface area contributed by atoms with E-state index in [1.807, 2.05) is 0 Å². The topological polar surface area (TPSA) is 156 Å². The number of hydrogen-bond donors (Lipinski definition) is 4. The summed E-state index contributed by atoms with van der Waals surface area (Å²) < 4.78 is 61.2. The number of benzene rings is 2. The zero-order valence-corrected chi connectivity index (χ0v) is 22.9. The number of fused-ring (bicyclic) bond motifs is 1. The summed E-state index contributed by atoms with van der Waals surface area (Å²) >= 11 is 0. The summed E-state index contributed by atoms with van der Waals surface area (Å²) in [5.41, 5.74) is -1.10. The Hall–Kier alpha value is -3.98. The minimum atomic E-state index is -4.61. The number of amides is 1. The smallest absolute Gasteiger partial charge is 0.432 e. The quantitative estimate of drug-likeness (QED) is 0.169. The van der Waals surface area contributed by atoms with Gasteiger partial charge in [0.05, 0.1) is 57.2 Å². The molecule has 1 unspecified atom stereocenters. The van der Waals surface area contributed by atoms with Gasteiger partial charge in [0.25, 0.3) is 5.56 Å². The summed E-state index contributed by atoms with van der Waals surface area (Å²) in [5, 5.41) is 21.1. The molecule has 11 nitrogen and oxygen atoms in total. The standard InChI is InChI=1S/C29H31F3N2O9/c30-29(31,32)24-4-2-1-3-21(24)25-12-18-6-5-17(11-22(18)27(38)34-25)23-13-19(33-26(23)37)14-42-28(39)43-20(15-40-9-7-35)16-41-10-8-36/h1-6,11-12,19-20,23,35-36H,7-10,13-16H2,(H,33,37)(H,34,38)/t19?,23-/m0/s1. The Morgan fingerprint density at radius 1 is 1.00 bits per heavy atom. The summed E-state index contributed by atoms with van der Waals surface area (Å²) in [7, 11) is 0. The molecule has 14 heteroatoms. The number of pyridine rings is 1. The van der Waals surface area contributed by atoms with Crippen LogP contribution in [0.5, 0.6) is 0 Å². The summed E-state index contributed by atoms with van der Waals surface area (Å²) in [6.07, 6.45) is -6.24. The molecule has 0 radical (unpaired) electrons. The number of aliphatic hydroxyl groups excluding tert-OH is 2. The van der Waals surface area contributed by atoms with Gasteiger partial charge in [-0.25, -0.2) is 4.79 Å². The number of aromatic amines is 1. The van der Waals surface area contributed by atoms with Crippen molar-refractivity contribution >= 4 is 22.8 Å². The second-order valence-electron chi connectivity index (χ2n) is 9.79. The molecule has 1 amide bonds. The van der Waals surface area contributed by atoms with Crippen LogP contribution >= 0.6 is 0 Å². The third-order valence-corrected chi connectivity index (χ3v) is 6.72. The highest BCUT2D eigenvalue weighted by Crippen LogP contribution is 2.37. The number of carbonyl (C=O) groups is 2. The van der Waals surface area contributed by atoms with Crippen LogP contribution < -0.4 is 10.9 Å². The average molecular weight is 609 g/mol. The van der Waals surface area contributed by atoms with E-state index in [9.17, 15) is 27.6 Å². The van der Waals surface area contributed by atoms with Crippen molar-refractivity contribution in [3.63, 3.8) is 0 Å². The van der Waals surface area contributed by atoms with Crippen LogP contribution in [0.25, 0.3) is 22.0 Å². The van der Waals surface area contributed by atoms with Gasteiger partial charge < -0.3 is 39.5 Å². The van der Waals surface area contributed by atoms with E-state index in [1.54, 1.807) is 12.1 Å². The van der Waals surface area contributed by atoms with Gasteiger partial charge in [0, 0.05) is 16.6 Å². The minimum absolute atomic E-state index is 0.0167. The molecule has 1 saturated heterocycles. The lowest BCUT2D eigenvalue weighted by atomic mass is 9.93. The summed E-state index contributed by atoms with van der Waals surface area (Å²) in [6, 6.07) is 10.6. The van der Waals surface area contributed by atoms with Gasteiger partial charge in [-0.2, -0.15) is 13.2 Å². The molecule has 2 atom stereocenters. The van der Waals surface area contributed by atoms with Crippen LogP contribution in [0.3, 0.4) is 0 Å². The number of alkyl halides is 3. The van der Waals surface area contributed by atoms with Crippen molar-refractivity contribution in [3.05, 3.63) is 70.0 Å². The van der Waals surface area contributed by atoms with Gasteiger partial charge in [-0.1, -0.05) is 30.3 Å². The van der Waals surface area contributed by atoms with Crippen LogP contribution in [-0.4, -0.2) is 85.7 Å². The van der Waals surface area contributed by atoms with Gasteiger partial charge in [-0.15, -0.1) is 0 Å². The molecule has 2 aromatic carbocycles. The van der Waals surface area contributed by atoms with Gasteiger partial charge in [-0.05, 0) is 35.6 Å². The SMILES string of the molecule is O=C(OCC1C[C@@H](c2ccc3cc(-c4ccccc4C(F)(F)F)[nH]c(=O)c3c2)C(=O)N1)OC(COCCO)COCCO. The van der Waals surface area contributed by atoms with Crippen LogP contribution in [0.15, 0.2) is 53.3 Å². The summed E-state index contributed by atoms with van der Waals surface area (Å²) in [4.78, 5) is 40.4. The zero-order valence-electron chi connectivity index (χ0n) is 22.9. The molecule has 0 bridgehead atoms. The van der Waals surface area contributed by atoms with E-state index in [-0.39, 0.29) is 75.2 Å². The predicted octanol–water partition coefficient (Wildman–Crippen LogP) is 2.73. The Morgan fingerprint density at radius 2 is 1.70 bits per heavy atom. The molecule has 1 aliphatic heterocycles. The van der Waals surface area contributed by atoms with E-state index in [0.29, 0.717) is 10.9 Å². The van der Waals surface area contributed by atoms with Gasteiger partial charge in [0.2, 0.25) is 5.91 Å².